The maximum absolute atomic E-state index is 12.3. The van der Waals surface area contributed by atoms with Crippen LogP contribution in [0.15, 0.2) is 18.3 Å². The SMILES string of the molecule is CCN(C(=O)Cn1cccc1C(=O)O)C(C)CN(C)C. The second-order valence-electron chi connectivity index (χ2n) is 5.12. The summed E-state index contributed by atoms with van der Waals surface area (Å²) in [5, 5.41) is 9.04. The molecule has 0 aromatic carbocycles. The van der Waals surface area contributed by atoms with Gasteiger partial charge in [-0.3, -0.25) is 4.79 Å². The summed E-state index contributed by atoms with van der Waals surface area (Å²) in [4.78, 5) is 27.2. The predicted molar refractivity (Wildman–Crippen MR) is 76.8 cm³/mol. The molecule has 1 aromatic rings. The van der Waals surface area contributed by atoms with Crippen LogP contribution in [0.1, 0.15) is 24.3 Å². The number of carbonyl (C=O) groups excluding carboxylic acids is 1. The van der Waals surface area contributed by atoms with Crippen LogP contribution in [0.25, 0.3) is 0 Å². The normalized spacial score (nSPS) is 12.4. The number of aromatic nitrogens is 1. The smallest absolute Gasteiger partial charge is 0.352 e. The van der Waals surface area contributed by atoms with Crippen LogP contribution in [0, 0.1) is 0 Å². The number of carboxylic acid groups (broad SMARTS) is 1. The molecule has 1 amide bonds. The van der Waals surface area contributed by atoms with E-state index >= 15 is 0 Å². The number of carboxylic acids is 1. The molecule has 0 fully saturated rings. The Morgan fingerprint density at radius 2 is 2.05 bits per heavy atom. The third-order valence-electron chi connectivity index (χ3n) is 3.18. The molecular formula is C14H23N3O3. The van der Waals surface area contributed by atoms with Crippen LogP contribution < -0.4 is 0 Å². The molecule has 1 unspecified atom stereocenters. The molecule has 0 aliphatic rings. The van der Waals surface area contributed by atoms with Crippen molar-refractivity contribution in [2.24, 2.45) is 0 Å². The maximum atomic E-state index is 12.3. The first-order valence-electron chi connectivity index (χ1n) is 6.69. The molecule has 6 heteroatoms. The van der Waals surface area contributed by atoms with Crippen molar-refractivity contribution in [2.75, 3.05) is 27.2 Å². The van der Waals surface area contributed by atoms with Crippen molar-refractivity contribution < 1.29 is 14.7 Å². The van der Waals surface area contributed by atoms with Crippen LogP contribution in [0.3, 0.4) is 0 Å². The first-order chi connectivity index (χ1) is 9.36. The summed E-state index contributed by atoms with van der Waals surface area (Å²) in [6.45, 7) is 5.36. The van der Waals surface area contributed by atoms with Crippen LogP contribution in [-0.2, 0) is 11.3 Å². The van der Waals surface area contributed by atoms with E-state index in [2.05, 4.69) is 0 Å². The van der Waals surface area contributed by atoms with Crippen molar-refractivity contribution in [1.29, 1.82) is 0 Å². The molecule has 0 saturated heterocycles. The molecule has 1 rings (SSSR count). The molecule has 0 aliphatic heterocycles. The Hall–Kier alpha value is -1.82. The van der Waals surface area contributed by atoms with E-state index in [9.17, 15) is 9.59 Å². The molecule has 1 heterocycles. The van der Waals surface area contributed by atoms with Gasteiger partial charge in [-0.1, -0.05) is 0 Å². The standard InChI is InChI=1S/C14H23N3O3/c1-5-17(11(2)9-15(3)4)13(18)10-16-8-6-7-12(16)14(19)20/h6-8,11H,5,9-10H2,1-4H3,(H,19,20). The van der Waals surface area contributed by atoms with Gasteiger partial charge in [-0.2, -0.15) is 0 Å². The lowest BCUT2D eigenvalue weighted by Crippen LogP contribution is -2.45. The van der Waals surface area contributed by atoms with E-state index < -0.39 is 5.97 Å². The Bertz CT molecular complexity index is 468. The van der Waals surface area contributed by atoms with Gasteiger partial charge in [0.2, 0.25) is 5.91 Å². The molecular weight excluding hydrogens is 258 g/mol. The van der Waals surface area contributed by atoms with E-state index in [1.165, 1.54) is 10.6 Å². The molecule has 20 heavy (non-hydrogen) atoms. The summed E-state index contributed by atoms with van der Waals surface area (Å²) < 4.78 is 1.47. The Balaban J connectivity index is 2.77. The lowest BCUT2D eigenvalue weighted by molar-refractivity contribution is -0.133. The van der Waals surface area contributed by atoms with Gasteiger partial charge in [0, 0.05) is 25.3 Å². The molecule has 0 radical (unpaired) electrons. The van der Waals surface area contributed by atoms with E-state index in [-0.39, 0.29) is 24.2 Å². The molecule has 0 spiro atoms. The zero-order chi connectivity index (χ0) is 15.3. The van der Waals surface area contributed by atoms with Crippen molar-refractivity contribution >= 4 is 11.9 Å². The van der Waals surface area contributed by atoms with Gasteiger partial charge in [0.25, 0.3) is 0 Å². The van der Waals surface area contributed by atoms with Crippen LogP contribution >= 0.6 is 0 Å². The summed E-state index contributed by atoms with van der Waals surface area (Å²) >= 11 is 0. The van der Waals surface area contributed by atoms with Crippen LogP contribution in [0.2, 0.25) is 0 Å². The highest BCUT2D eigenvalue weighted by Gasteiger charge is 2.20. The van der Waals surface area contributed by atoms with Crippen molar-refractivity contribution in [1.82, 2.24) is 14.4 Å². The number of aromatic carboxylic acids is 1. The molecule has 1 aromatic heterocycles. The summed E-state index contributed by atoms with van der Waals surface area (Å²) in [5.74, 6) is -1.09. The van der Waals surface area contributed by atoms with E-state index in [1.807, 2.05) is 32.8 Å². The third kappa shape index (κ3) is 4.09. The fourth-order valence-corrected chi connectivity index (χ4v) is 2.34. The number of likely N-dealkylation sites (N-methyl/N-ethyl adjacent to an activating group) is 2. The maximum Gasteiger partial charge on any atom is 0.352 e. The van der Waals surface area contributed by atoms with Gasteiger partial charge in [-0.05, 0) is 40.1 Å². The number of carbonyl (C=O) groups is 2. The third-order valence-corrected chi connectivity index (χ3v) is 3.18. The number of rotatable bonds is 7. The lowest BCUT2D eigenvalue weighted by Gasteiger charge is -2.30. The Labute approximate surface area is 119 Å². The zero-order valence-corrected chi connectivity index (χ0v) is 12.5. The molecule has 0 saturated carbocycles. The number of hydrogen-bond donors (Lipinski definition) is 1. The first-order valence-corrected chi connectivity index (χ1v) is 6.69. The van der Waals surface area contributed by atoms with Crippen molar-refractivity contribution in [2.45, 2.75) is 26.4 Å². The average Bonchev–Trinajstić information content (AvgIpc) is 2.76. The Kier molecular flexibility index (Phi) is 5.76. The van der Waals surface area contributed by atoms with Crippen LogP contribution in [-0.4, -0.2) is 64.6 Å². The minimum Gasteiger partial charge on any atom is -0.477 e. The van der Waals surface area contributed by atoms with E-state index in [0.717, 1.165) is 6.54 Å². The summed E-state index contributed by atoms with van der Waals surface area (Å²) in [6, 6.07) is 3.22. The van der Waals surface area contributed by atoms with Crippen molar-refractivity contribution in [3.8, 4) is 0 Å². The molecule has 6 nitrogen and oxygen atoms in total. The molecule has 1 atom stereocenters. The number of nitrogens with zero attached hydrogens (tertiary/aromatic N) is 3. The Morgan fingerprint density at radius 3 is 2.55 bits per heavy atom. The Morgan fingerprint density at radius 1 is 1.40 bits per heavy atom. The fourth-order valence-electron chi connectivity index (χ4n) is 2.34. The summed E-state index contributed by atoms with van der Waals surface area (Å²) in [7, 11) is 3.92. The first kappa shape index (κ1) is 16.2. The predicted octanol–water partition coefficient (Wildman–Crippen LogP) is 0.985. The second-order valence-corrected chi connectivity index (χ2v) is 5.12. The summed E-state index contributed by atoms with van der Waals surface area (Å²) in [5.41, 5.74) is 0.134. The quantitative estimate of drug-likeness (QED) is 0.809. The van der Waals surface area contributed by atoms with Gasteiger partial charge in [-0.25, -0.2) is 4.79 Å². The molecule has 1 N–H and O–H groups in total. The van der Waals surface area contributed by atoms with Gasteiger partial charge in [-0.15, -0.1) is 0 Å². The minimum atomic E-state index is -1.02. The van der Waals surface area contributed by atoms with Crippen molar-refractivity contribution in [3.05, 3.63) is 24.0 Å². The van der Waals surface area contributed by atoms with E-state index in [1.54, 1.807) is 17.2 Å². The minimum absolute atomic E-state index is 0.0558. The largest absolute Gasteiger partial charge is 0.477 e. The molecule has 0 aliphatic carbocycles. The highest BCUT2D eigenvalue weighted by Crippen LogP contribution is 2.07. The second kappa shape index (κ2) is 7.09. The van der Waals surface area contributed by atoms with Crippen LogP contribution in [0.5, 0.6) is 0 Å². The monoisotopic (exact) mass is 281 g/mol. The summed E-state index contributed by atoms with van der Waals surface area (Å²) in [6.07, 6.45) is 1.62. The number of hydrogen-bond acceptors (Lipinski definition) is 3. The zero-order valence-electron chi connectivity index (χ0n) is 12.5. The van der Waals surface area contributed by atoms with Crippen molar-refractivity contribution in [3.63, 3.8) is 0 Å². The fraction of sp³-hybridized carbons (Fsp3) is 0.571. The van der Waals surface area contributed by atoms with Crippen LogP contribution in [0.4, 0.5) is 0 Å². The molecule has 0 bridgehead atoms. The van der Waals surface area contributed by atoms with E-state index in [4.69, 9.17) is 5.11 Å². The molecule has 112 valence electrons. The topological polar surface area (TPSA) is 65.8 Å². The van der Waals surface area contributed by atoms with Gasteiger partial charge in [0.1, 0.15) is 12.2 Å². The highest BCUT2D eigenvalue weighted by atomic mass is 16.4. The van der Waals surface area contributed by atoms with Gasteiger partial charge >= 0.3 is 5.97 Å². The van der Waals surface area contributed by atoms with Gasteiger partial charge in [0.15, 0.2) is 0 Å². The lowest BCUT2D eigenvalue weighted by atomic mass is 10.2. The highest BCUT2D eigenvalue weighted by molar-refractivity contribution is 5.87. The average molecular weight is 281 g/mol. The van der Waals surface area contributed by atoms with Gasteiger partial charge in [0.05, 0.1) is 0 Å². The number of amides is 1. The van der Waals surface area contributed by atoms with Gasteiger partial charge < -0.3 is 19.5 Å². The van der Waals surface area contributed by atoms with E-state index in [0.29, 0.717) is 6.54 Å².